The number of fused-ring (bicyclic) bond motifs is 1. The average Bonchev–Trinajstić information content (AvgIpc) is 2.84. The molecule has 2 heterocycles. The molecule has 6 nitrogen and oxygen atoms in total. The molecule has 0 unspecified atom stereocenters. The first-order valence-corrected chi connectivity index (χ1v) is 6.88. The lowest BCUT2D eigenvalue weighted by atomic mass is 10.2. The fraction of sp³-hybridized carbons (Fsp3) is 0.188. The number of hydrogen-bond donors (Lipinski definition) is 1. The highest BCUT2D eigenvalue weighted by atomic mass is 16.5. The van der Waals surface area contributed by atoms with Crippen molar-refractivity contribution >= 4 is 17.4 Å². The molecule has 2 aromatic heterocycles. The molecule has 0 spiro atoms. The van der Waals surface area contributed by atoms with Crippen molar-refractivity contribution in [1.29, 1.82) is 0 Å². The second kappa shape index (κ2) is 5.95. The molecule has 1 aromatic carbocycles. The fourth-order valence-electron chi connectivity index (χ4n) is 2.28. The van der Waals surface area contributed by atoms with Gasteiger partial charge in [0.2, 0.25) is 0 Å². The van der Waals surface area contributed by atoms with Crippen LogP contribution in [0.3, 0.4) is 0 Å². The van der Waals surface area contributed by atoms with E-state index in [1.807, 2.05) is 47.9 Å². The van der Waals surface area contributed by atoms with E-state index in [9.17, 15) is 4.79 Å². The number of methoxy groups -OCH3 is 1. The molecule has 0 saturated heterocycles. The zero-order valence-corrected chi connectivity index (χ0v) is 12.4. The Morgan fingerprint density at radius 3 is 2.82 bits per heavy atom. The van der Waals surface area contributed by atoms with Gasteiger partial charge >= 0.3 is 0 Å². The Balaban J connectivity index is 2.05. The summed E-state index contributed by atoms with van der Waals surface area (Å²) in [6.45, 7) is 1.85. The van der Waals surface area contributed by atoms with Gasteiger partial charge < -0.3 is 10.1 Å². The van der Waals surface area contributed by atoms with Gasteiger partial charge in [-0.2, -0.15) is 0 Å². The van der Waals surface area contributed by atoms with Gasteiger partial charge in [0.05, 0.1) is 17.6 Å². The first-order chi connectivity index (χ1) is 10.7. The first kappa shape index (κ1) is 14.2. The lowest BCUT2D eigenvalue weighted by Gasteiger charge is -2.07. The molecule has 0 radical (unpaired) electrons. The number of anilines is 1. The number of ether oxygens (including phenoxy) is 1. The number of benzene rings is 1. The monoisotopic (exact) mass is 296 g/mol. The van der Waals surface area contributed by atoms with Crippen molar-refractivity contribution in [2.45, 2.75) is 6.92 Å². The summed E-state index contributed by atoms with van der Waals surface area (Å²) in [4.78, 5) is 20.6. The third-order valence-corrected chi connectivity index (χ3v) is 3.29. The molecule has 1 amide bonds. The minimum Gasteiger partial charge on any atom is -0.375 e. The van der Waals surface area contributed by atoms with Crippen LogP contribution < -0.4 is 5.32 Å². The number of carbonyl (C=O) groups excluding carboxylic acids is 1. The minimum absolute atomic E-state index is 0.00327. The maximum Gasteiger partial charge on any atom is 0.251 e. The number of nitrogens with one attached hydrogen (secondary N) is 1. The highest BCUT2D eigenvalue weighted by Crippen LogP contribution is 2.21. The van der Waals surface area contributed by atoms with Crippen LogP contribution in [0.25, 0.3) is 16.9 Å². The summed E-state index contributed by atoms with van der Waals surface area (Å²) in [7, 11) is 1.48. The molecule has 0 atom stereocenters. The summed E-state index contributed by atoms with van der Waals surface area (Å²) in [5.41, 5.74) is 3.24. The minimum atomic E-state index is -0.217. The molecule has 0 saturated carbocycles. The molecule has 112 valence electrons. The van der Waals surface area contributed by atoms with Crippen molar-refractivity contribution in [3.05, 3.63) is 48.4 Å². The van der Waals surface area contributed by atoms with Crippen LogP contribution in [0.2, 0.25) is 0 Å². The van der Waals surface area contributed by atoms with Crippen molar-refractivity contribution < 1.29 is 9.53 Å². The van der Waals surface area contributed by atoms with Crippen LogP contribution >= 0.6 is 0 Å². The van der Waals surface area contributed by atoms with E-state index in [4.69, 9.17) is 4.74 Å². The van der Waals surface area contributed by atoms with Crippen LogP contribution in [0.5, 0.6) is 0 Å². The molecule has 3 rings (SSSR count). The van der Waals surface area contributed by atoms with Crippen LogP contribution in [-0.2, 0) is 9.53 Å². The third-order valence-electron chi connectivity index (χ3n) is 3.29. The highest BCUT2D eigenvalue weighted by Gasteiger charge is 2.13. The smallest absolute Gasteiger partial charge is 0.251 e. The number of nitrogens with zero attached hydrogens (tertiary/aromatic N) is 3. The second-order valence-electron chi connectivity index (χ2n) is 4.89. The van der Waals surface area contributed by atoms with E-state index in [2.05, 4.69) is 15.3 Å². The van der Waals surface area contributed by atoms with E-state index in [1.165, 1.54) is 7.11 Å². The van der Waals surface area contributed by atoms with E-state index in [1.54, 1.807) is 6.20 Å². The number of carbonyl (C=O) groups is 1. The van der Waals surface area contributed by atoms with Crippen molar-refractivity contribution in [3.8, 4) is 11.3 Å². The number of imidazole rings is 1. The number of hydrogen-bond acceptors (Lipinski definition) is 4. The zero-order valence-electron chi connectivity index (χ0n) is 12.4. The molecule has 0 aliphatic carbocycles. The highest BCUT2D eigenvalue weighted by molar-refractivity contribution is 5.92. The second-order valence-corrected chi connectivity index (χ2v) is 4.89. The molecule has 1 N–H and O–H groups in total. The normalized spacial score (nSPS) is 10.8. The van der Waals surface area contributed by atoms with Crippen LogP contribution in [0.15, 0.2) is 42.7 Å². The van der Waals surface area contributed by atoms with Gasteiger partial charge in [-0.15, -0.1) is 0 Å². The summed E-state index contributed by atoms with van der Waals surface area (Å²) in [5.74, 6) is 0.419. The molecule has 6 heteroatoms. The number of aromatic nitrogens is 3. The van der Waals surface area contributed by atoms with Gasteiger partial charge in [-0.1, -0.05) is 30.3 Å². The van der Waals surface area contributed by atoms with Crippen LogP contribution in [0.4, 0.5) is 5.82 Å². The molecule has 0 bridgehead atoms. The van der Waals surface area contributed by atoms with Crippen molar-refractivity contribution in [2.24, 2.45) is 0 Å². The van der Waals surface area contributed by atoms with Gasteiger partial charge in [0.25, 0.3) is 5.91 Å². The Morgan fingerprint density at radius 2 is 2.09 bits per heavy atom. The molecule has 3 aromatic rings. The number of rotatable bonds is 4. The number of amides is 1. The molecule has 0 fully saturated rings. The lowest BCUT2D eigenvalue weighted by Crippen LogP contribution is -2.18. The van der Waals surface area contributed by atoms with Crippen LogP contribution in [0, 0.1) is 6.92 Å². The Morgan fingerprint density at radius 1 is 1.32 bits per heavy atom. The molecular formula is C16H16N4O2. The summed E-state index contributed by atoms with van der Waals surface area (Å²) in [5, 5.41) is 2.82. The number of aryl methyl sites for hydroxylation is 1. The summed E-state index contributed by atoms with van der Waals surface area (Å²) >= 11 is 0. The van der Waals surface area contributed by atoms with Gasteiger partial charge in [0.1, 0.15) is 12.4 Å². The maximum absolute atomic E-state index is 11.8. The van der Waals surface area contributed by atoms with Crippen molar-refractivity contribution in [1.82, 2.24) is 14.4 Å². The van der Waals surface area contributed by atoms with E-state index < -0.39 is 0 Å². The predicted octanol–water partition coefficient (Wildman–Crippen LogP) is 2.29. The van der Waals surface area contributed by atoms with E-state index in [0.29, 0.717) is 11.5 Å². The van der Waals surface area contributed by atoms with Gasteiger partial charge in [-0.3, -0.25) is 14.2 Å². The SMILES string of the molecule is COCC(=O)Nc1c(C)nc2cnc(-c3ccccc3)cn12. The van der Waals surface area contributed by atoms with Crippen molar-refractivity contribution in [2.75, 3.05) is 19.0 Å². The first-order valence-electron chi connectivity index (χ1n) is 6.88. The Labute approximate surface area is 127 Å². The fourth-order valence-corrected chi connectivity index (χ4v) is 2.28. The van der Waals surface area contributed by atoms with Crippen molar-refractivity contribution in [3.63, 3.8) is 0 Å². The van der Waals surface area contributed by atoms with Gasteiger partial charge in [0.15, 0.2) is 5.65 Å². The topological polar surface area (TPSA) is 68.5 Å². The standard InChI is InChI=1S/C16H16N4O2/c1-11-16(19-15(21)10-22-2)20-9-13(17-8-14(20)18-11)12-6-4-3-5-7-12/h3-9H,10H2,1-2H3,(H,19,21). The predicted molar refractivity (Wildman–Crippen MR) is 83.7 cm³/mol. The van der Waals surface area contributed by atoms with Gasteiger partial charge in [-0.05, 0) is 6.92 Å². The van der Waals surface area contributed by atoms with Crippen LogP contribution in [0.1, 0.15) is 5.69 Å². The summed E-state index contributed by atoms with van der Waals surface area (Å²) in [6.07, 6.45) is 3.56. The van der Waals surface area contributed by atoms with Gasteiger partial charge in [0, 0.05) is 18.9 Å². The van der Waals surface area contributed by atoms with E-state index >= 15 is 0 Å². The molecule has 0 aliphatic heterocycles. The summed E-state index contributed by atoms with van der Waals surface area (Å²) < 4.78 is 6.67. The van der Waals surface area contributed by atoms with E-state index in [0.717, 1.165) is 17.0 Å². The molecule has 22 heavy (non-hydrogen) atoms. The lowest BCUT2D eigenvalue weighted by molar-refractivity contribution is -0.119. The average molecular weight is 296 g/mol. The van der Waals surface area contributed by atoms with E-state index in [-0.39, 0.29) is 12.5 Å². The molecular weight excluding hydrogens is 280 g/mol. The molecule has 0 aliphatic rings. The maximum atomic E-state index is 11.8. The zero-order chi connectivity index (χ0) is 15.5. The Hall–Kier alpha value is -2.73. The Bertz CT molecular complexity index is 812. The third kappa shape index (κ3) is 2.68. The summed E-state index contributed by atoms with van der Waals surface area (Å²) in [6, 6.07) is 9.85. The Kier molecular flexibility index (Phi) is 3.84. The largest absolute Gasteiger partial charge is 0.375 e. The quantitative estimate of drug-likeness (QED) is 0.802. The van der Waals surface area contributed by atoms with Crippen LogP contribution in [-0.4, -0.2) is 34.0 Å². The van der Waals surface area contributed by atoms with Gasteiger partial charge in [-0.25, -0.2) is 4.98 Å².